The number of carboxylic acids is 1. The van der Waals surface area contributed by atoms with E-state index < -0.39 is 5.97 Å². The standard InChI is InChI=1S/C21H24N2O3/c1-14-12-15(2)19(16(3)13-14)22-8-10-23(11-9-22)20(24)17-6-4-5-7-18(17)21(25)26/h4-7,12-13H,8-11H2,1-3H3,(H,25,26)/p-1. The summed E-state index contributed by atoms with van der Waals surface area (Å²) in [4.78, 5) is 28.0. The van der Waals surface area contributed by atoms with Crippen molar-refractivity contribution >= 4 is 17.6 Å². The number of aromatic carboxylic acids is 1. The van der Waals surface area contributed by atoms with Crippen LogP contribution >= 0.6 is 0 Å². The lowest BCUT2D eigenvalue weighted by Crippen LogP contribution is -2.49. The van der Waals surface area contributed by atoms with E-state index >= 15 is 0 Å². The third-order valence-electron chi connectivity index (χ3n) is 4.90. The van der Waals surface area contributed by atoms with E-state index in [2.05, 4.69) is 37.8 Å². The maximum Gasteiger partial charge on any atom is 0.254 e. The van der Waals surface area contributed by atoms with Crippen molar-refractivity contribution in [1.82, 2.24) is 4.90 Å². The Labute approximate surface area is 153 Å². The molecule has 0 N–H and O–H groups in total. The van der Waals surface area contributed by atoms with E-state index in [1.807, 2.05) is 0 Å². The summed E-state index contributed by atoms with van der Waals surface area (Å²) in [6, 6.07) is 10.6. The summed E-state index contributed by atoms with van der Waals surface area (Å²) >= 11 is 0. The summed E-state index contributed by atoms with van der Waals surface area (Å²) in [7, 11) is 0. The zero-order chi connectivity index (χ0) is 18.8. The lowest BCUT2D eigenvalue weighted by Gasteiger charge is -2.38. The molecule has 1 heterocycles. The van der Waals surface area contributed by atoms with Crippen LogP contribution in [0.1, 0.15) is 37.4 Å². The monoisotopic (exact) mass is 351 g/mol. The first-order chi connectivity index (χ1) is 12.4. The van der Waals surface area contributed by atoms with Gasteiger partial charge in [-0.15, -0.1) is 0 Å². The normalized spacial score (nSPS) is 14.4. The van der Waals surface area contributed by atoms with Crippen LogP contribution in [0.3, 0.4) is 0 Å². The van der Waals surface area contributed by atoms with Gasteiger partial charge in [-0.1, -0.05) is 35.9 Å². The Morgan fingerprint density at radius 1 is 0.885 bits per heavy atom. The number of carbonyl (C=O) groups excluding carboxylic acids is 2. The van der Waals surface area contributed by atoms with E-state index in [4.69, 9.17) is 0 Å². The number of carboxylic acid groups (broad SMARTS) is 1. The van der Waals surface area contributed by atoms with Crippen molar-refractivity contribution in [2.75, 3.05) is 31.1 Å². The van der Waals surface area contributed by atoms with Crippen molar-refractivity contribution in [3.8, 4) is 0 Å². The van der Waals surface area contributed by atoms with Gasteiger partial charge in [0.2, 0.25) is 0 Å². The van der Waals surface area contributed by atoms with Gasteiger partial charge in [0.1, 0.15) is 0 Å². The maximum atomic E-state index is 12.8. The number of piperazine rings is 1. The minimum Gasteiger partial charge on any atom is -0.545 e. The second-order valence-corrected chi connectivity index (χ2v) is 6.86. The lowest BCUT2D eigenvalue weighted by atomic mass is 10.0. The van der Waals surface area contributed by atoms with Crippen LogP contribution in [-0.4, -0.2) is 43.0 Å². The second-order valence-electron chi connectivity index (χ2n) is 6.86. The molecular formula is C21H23N2O3-. The maximum absolute atomic E-state index is 12.8. The molecule has 2 aromatic carbocycles. The number of aryl methyl sites for hydroxylation is 3. The van der Waals surface area contributed by atoms with Crippen molar-refractivity contribution in [3.63, 3.8) is 0 Å². The quantitative estimate of drug-likeness (QED) is 0.848. The van der Waals surface area contributed by atoms with Gasteiger partial charge < -0.3 is 19.7 Å². The fourth-order valence-corrected chi connectivity index (χ4v) is 3.82. The molecule has 136 valence electrons. The molecule has 1 amide bonds. The number of carbonyl (C=O) groups is 2. The number of benzene rings is 2. The Morgan fingerprint density at radius 2 is 1.42 bits per heavy atom. The number of amides is 1. The van der Waals surface area contributed by atoms with Crippen molar-refractivity contribution in [2.24, 2.45) is 0 Å². The molecule has 5 nitrogen and oxygen atoms in total. The fourth-order valence-electron chi connectivity index (χ4n) is 3.82. The molecule has 1 saturated heterocycles. The summed E-state index contributed by atoms with van der Waals surface area (Å²) in [6.45, 7) is 8.90. The third-order valence-corrected chi connectivity index (χ3v) is 4.90. The van der Waals surface area contributed by atoms with E-state index in [0.29, 0.717) is 13.1 Å². The zero-order valence-electron chi connectivity index (χ0n) is 15.4. The first-order valence-corrected chi connectivity index (χ1v) is 8.81. The second kappa shape index (κ2) is 7.20. The molecule has 0 bridgehead atoms. The molecule has 0 aliphatic carbocycles. The Hall–Kier alpha value is -2.82. The predicted molar refractivity (Wildman–Crippen MR) is 99.5 cm³/mol. The van der Waals surface area contributed by atoms with Crippen LogP contribution in [0.25, 0.3) is 0 Å². The highest BCUT2D eigenvalue weighted by Crippen LogP contribution is 2.27. The lowest BCUT2D eigenvalue weighted by molar-refractivity contribution is -0.255. The zero-order valence-corrected chi connectivity index (χ0v) is 15.4. The van der Waals surface area contributed by atoms with Gasteiger partial charge in [0.15, 0.2) is 0 Å². The summed E-state index contributed by atoms with van der Waals surface area (Å²) in [5.74, 6) is -1.57. The van der Waals surface area contributed by atoms with Crippen LogP contribution in [0.5, 0.6) is 0 Å². The minimum atomic E-state index is -1.32. The van der Waals surface area contributed by atoms with E-state index in [1.165, 1.54) is 28.4 Å². The van der Waals surface area contributed by atoms with Gasteiger partial charge in [-0.05, 0) is 38.0 Å². The van der Waals surface area contributed by atoms with Crippen LogP contribution in [-0.2, 0) is 0 Å². The molecule has 0 saturated carbocycles. The smallest absolute Gasteiger partial charge is 0.254 e. The molecule has 0 radical (unpaired) electrons. The van der Waals surface area contributed by atoms with E-state index in [1.54, 1.807) is 23.1 Å². The summed E-state index contributed by atoms with van der Waals surface area (Å²) < 4.78 is 0. The predicted octanol–water partition coefficient (Wildman–Crippen LogP) is 1.94. The van der Waals surface area contributed by atoms with Gasteiger partial charge in [-0.3, -0.25) is 4.79 Å². The summed E-state index contributed by atoms with van der Waals surface area (Å²) in [6.07, 6.45) is 0. The Kier molecular flexibility index (Phi) is 4.98. The largest absolute Gasteiger partial charge is 0.545 e. The average molecular weight is 351 g/mol. The number of hydrogen-bond donors (Lipinski definition) is 0. The van der Waals surface area contributed by atoms with Crippen LogP contribution in [0, 0.1) is 20.8 Å². The molecule has 0 aromatic heterocycles. The number of rotatable bonds is 3. The first kappa shape index (κ1) is 18.0. The molecule has 0 spiro atoms. The van der Waals surface area contributed by atoms with Gasteiger partial charge in [-0.2, -0.15) is 0 Å². The third kappa shape index (κ3) is 3.43. The average Bonchev–Trinajstić information content (AvgIpc) is 2.61. The van der Waals surface area contributed by atoms with Crippen molar-refractivity contribution in [3.05, 3.63) is 64.2 Å². The molecule has 3 rings (SSSR count). The van der Waals surface area contributed by atoms with Gasteiger partial charge >= 0.3 is 0 Å². The van der Waals surface area contributed by atoms with E-state index in [9.17, 15) is 14.7 Å². The highest BCUT2D eigenvalue weighted by Gasteiger charge is 2.25. The number of nitrogens with zero attached hydrogens (tertiary/aromatic N) is 2. The molecule has 1 fully saturated rings. The van der Waals surface area contributed by atoms with Crippen LogP contribution in [0.15, 0.2) is 36.4 Å². The Bertz CT molecular complexity index is 829. The van der Waals surface area contributed by atoms with Gasteiger partial charge in [-0.25, -0.2) is 0 Å². The minimum absolute atomic E-state index is 0.0508. The van der Waals surface area contributed by atoms with Crippen LogP contribution in [0.2, 0.25) is 0 Å². The highest BCUT2D eigenvalue weighted by molar-refractivity contribution is 6.04. The van der Waals surface area contributed by atoms with Crippen LogP contribution < -0.4 is 10.0 Å². The van der Waals surface area contributed by atoms with Gasteiger partial charge in [0.25, 0.3) is 5.91 Å². The van der Waals surface area contributed by atoms with Crippen molar-refractivity contribution in [1.29, 1.82) is 0 Å². The molecule has 2 aromatic rings. The molecular weight excluding hydrogens is 328 g/mol. The Balaban J connectivity index is 1.75. The topological polar surface area (TPSA) is 63.7 Å². The van der Waals surface area contributed by atoms with E-state index in [0.717, 1.165) is 13.1 Å². The summed E-state index contributed by atoms with van der Waals surface area (Å²) in [5.41, 5.74) is 5.11. The SMILES string of the molecule is Cc1cc(C)c(N2CCN(C(=O)c3ccccc3C(=O)[O-])CC2)c(C)c1. The van der Waals surface area contributed by atoms with Gasteiger partial charge in [0, 0.05) is 43.0 Å². The fraction of sp³-hybridized carbons (Fsp3) is 0.333. The number of hydrogen-bond acceptors (Lipinski definition) is 4. The molecule has 0 unspecified atom stereocenters. The van der Waals surface area contributed by atoms with Gasteiger partial charge in [0.05, 0.1) is 5.97 Å². The molecule has 1 aliphatic heterocycles. The molecule has 26 heavy (non-hydrogen) atoms. The van der Waals surface area contributed by atoms with Crippen molar-refractivity contribution in [2.45, 2.75) is 20.8 Å². The molecule has 5 heteroatoms. The van der Waals surface area contributed by atoms with Crippen LogP contribution in [0.4, 0.5) is 5.69 Å². The molecule has 1 aliphatic rings. The Morgan fingerprint density at radius 3 is 1.96 bits per heavy atom. The van der Waals surface area contributed by atoms with E-state index in [-0.39, 0.29) is 17.0 Å². The number of anilines is 1. The highest BCUT2D eigenvalue weighted by atomic mass is 16.4. The van der Waals surface area contributed by atoms with Crippen molar-refractivity contribution < 1.29 is 14.7 Å². The molecule has 0 atom stereocenters. The summed E-state index contributed by atoms with van der Waals surface area (Å²) in [5, 5.41) is 11.3. The first-order valence-electron chi connectivity index (χ1n) is 8.81.